The van der Waals surface area contributed by atoms with Gasteiger partial charge in [-0.15, -0.1) is 0 Å². The van der Waals surface area contributed by atoms with Crippen molar-refractivity contribution in [2.75, 3.05) is 7.05 Å². The Morgan fingerprint density at radius 3 is 2.65 bits per heavy atom. The van der Waals surface area contributed by atoms with Gasteiger partial charge in [-0.05, 0) is 33.0 Å². The molecule has 1 unspecified atom stereocenters. The highest BCUT2D eigenvalue weighted by atomic mass is 16.5. The van der Waals surface area contributed by atoms with Gasteiger partial charge in [-0.1, -0.05) is 22.9 Å². The second-order valence-corrected chi connectivity index (χ2v) is 4.81. The molecule has 0 amide bonds. The molecule has 20 heavy (non-hydrogen) atoms. The Kier molecular flexibility index (Phi) is 4.14. The van der Waals surface area contributed by atoms with Gasteiger partial charge in [0.25, 0.3) is 5.89 Å². The Bertz CT molecular complexity index is 592. The second-order valence-electron chi connectivity index (χ2n) is 4.81. The quantitative estimate of drug-likeness (QED) is 0.898. The minimum Gasteiger partial charge on any atom is -0.480 e. The van der Waals surface area contributed by atoms with Crippen LogP contribution in [0.15, 0.2) is 28.8 Å². The van der Waals surface area contributed by atoms with E-state index in [1.165, 1.54) is 0 Å². The van der Waals surface area contributed by atoms with E-state index in [0.717, 1.165) is 11.1 Å². The molecular formula is C14H17N3O3. The van der Waals surface area contributed by atoms with Crippen molar-refractivity contribution in [2.45, 2.75) is 26.4 Å². The molecule has 1 N–H and O–H groups in total. The van der Waals surface area contributed by atoms with Crippen LogP contribution in [0.2, 0.25) is 0 Å². The van der Waals surface area contributed by atoms with E-state index in [-0.39, 0.29) is 0 Å². The average molecular weight is 275 g/mol. The van der Waals surface area contributed by atoms with E-state index in [2.05, 4.69) is 10.1 Å². The summed E-state index contributed by atoms with van der Waals surface area (Å²) in [6.07, 6.45) is 0. The second kappa shape index (κ2) is 5.83. The fraction of sp³-hybridized carbons (Fsp3) is 0.357. The standard InChI is InChI=1S/C14H17N3O3/c1-9-4-6-11(7-5-9)13-15-12(16-20-13)8-17(3)10(2)14(18)19/h4-7,10H,8H2,1-3H3,(H,18,19). The predicted octanol–water partition coefficient (Wildman–Crippen LogP) is 1.95. The summed E-state index contributed by atoms with van der Waals surface area (Å²) < 4.78 is 5.20. The number of hydrogen-bond donors (Lipinski definition) is 1. The number of nitrogens with zero attached hydrogens (tertiary/aromatic N) is 3. The van der Waals surface area contributed by atoms with Crippen molar-refractivity contribution in [3.63, 3.8) is 0 Å². The van der Waals surface area contributed by atoms with Gasteiger partial charge in [0.05, 0.1) is 6.54 Å². The number of hydrogen-bond acceptors (Lipinski definition) is 5. The van der Waals surface area contributed by atoms with Crippen molar-refractivity contribution >= 4 is 5.97 Å². The lowest BCUT2D eigenvalue weighted by Crippen LogP contribution is -2.35. The molecule has 0 saturated carbocycles. The first-order valence-corrected chi connectivity index (χ1v) is 6.30. The van der Waals surface area contributed by atoms with E-state index in [0.29, 0.717) is 18.3 Å². The van der Waals surface area contributed by atoms with E-state index in [4.69, 9.17) is 9.63 Å². The van der Waals surface area contributed by atoms with E-state index >= 15 is 0 Å². The summed E-state index contributed by atoms with van der Waals surface area (Å²) >= 11 is 0. The van der Waals surface area contributed by atoms with Crippen LogP contribution in [0.25, 0.3) is 11.5 Å². The predicted molar refractivity (Wildman–Crippen MR) is 73.0 cm³/mol. The number of aromatic nitrogens is 2. The number of aryl methyl sites for hydroxylation is 1. The van der Waals surface area contributed by atoms with Crippen LogP contribution in [0.1, 0.15) is 18.3 Å². The molecule has 2 aromatic rings. The number of carboxylic acids is 1. The fourth-order valence-corrected chi connectivity index (χ4v) is 1.68. The van der Waals surface area contributed by atoms with Crippen molar-refractivity contribution in [3.05, 3.63) is 35.7 Å². The topological polar surface area (TPSA) is 79.5 Å². The van der Waals surface area contributed by atoms with Crippen LogP contribution >= 0.6 is 0 Å². The van der Waals surface area contributed by atoms with Gasteiger partial charge < -0.3 is 9.63 Å². The molecule has 0 radical (unpaired) electrons. The van der Waals surface area contributed by atoms with Crippen LogP contribution in [0.5, 0.6) is 0 Å². The highest BCUT2D eigenvalue weighted by molar-refractivity contribution is 5.72. The number of carboxylic acid groups (broad SMARTS) is 1. The normalized spacial score (nSPS) is 12.6. The number of rotatable bonds is 5. The average Bonchev–Trinajstić information content (AvgIpc) is 2.87. The molecule has 1 atom stereocenters. The summed E-state index contributed by atoms with van der Waals surface area (Å²) in [5.41, 5.74) is 2.01. The van der Waals surface area contributed by atoms with Crippen LogP contribution < -0.4 is 0 Å². The Morgan fingerprint density at radius 1 is 1.40 bits per heavy atom. The lowest BCUT2D eigenvalue weighted by molar-refractivity contribution is -0.142. The lowest BCUT2D eigenvalue weighted by atomic mass is 10.1. The third kappa shape index (κ3) is 3.21. The zero-order valence-electron chi connectivity index (χ0n) is 11.7. The number of likely N-dealkylation sites (N-methyl/N-ethyl adjacent to an activating group) is 1. The molecule has 6 heteroatoms. The molecule has 2 rings (SSSR count). The van der Waals surface area contributed by atoms with Crippen LogP contribution in [0.3, 0.4) is 0 Å². The Balaban J connectivity index is 2.09. The van der Waals surface area contributed by atoms with Gasteiger partial charge >= 0.3 is 5.97 Å². The molecule has 0 bridgehead atoms. The number of aliphatic carboxylic acids is 1. The van der Waals surface area contributed by atoms with Crippen molar-refractivity contribution in [1.82, 2.24) is 15.0 Å². The van der Waals surface area contributed by atoms with Crippen LogP contribution in [0, 0.1) is 6.92 Å². The smallest absolute Gasteiger partial charge is 0.320 e. The molecule has 1 aromatic heterocycles. The first-order valence-electron chi connectivity index (χ1n) is 6.30. The Morgan fingerprint density at radius 2 is 2.05 bits per heavy atom. The number of benzene rings is 1. The summed E-state index contributed by atoms with van der Waals surface area (Å²) in [5, 5.41) is 12.8. The lowest BCUT2D eigenvalue weighted by Gasteiger charge is -2.18. The maximum Gasteiger partial charge on any atom is 0.320 e. The third-order valence-corrected chi connectivity index (χ3v) is 3.18. The molecule has 0 aliphatic heterocycles. The van der Waals surface area contributed by atoms with Gasteiger partial charge in [0, 0.05) is 5.56 Å². The molecule has 0 aliphatic carbocycles. The molecule has 0 saturated heterocycles. The summed E-state index contributed by atoms with van der Waals surface area (Å²) in [6, 6.07) is 7.17. The summed E-state index contributed by atoms with van der Waals surface area (Å²) in [6.45, 7) is 3.94. The zero-order chi connectivity index (χ0) is 14.7. The minimum atomic E-state index is -0.880. The highest BCUT2D eigenvalue weighted by Gasteiger charge is 2.19. The largest absolute Gasteiger partial charge is 0.480 e. The van der Waals surface area contributed by atoms with Crippen LogP contribution in [-0.2, 0) is 11.3 Å². The summed E-state index contributed by atoms with van der Waals surface area (Å²) in [4.78, 5) is 16.8. The molecule has 0 fully saturated rings. The van der Waals surface area contributed by atoms with E-state index in [9.17, 15) is 4.79 Å². The van der Waals surface area contributed by atoms with Gasteiger partial charge in [-0.2, -0.15) is 4.98 Å². The van der Waals surface area contributed by atoms with Crippen LogP contribution in [0.4, 0.5) is 0 Å². The van der Waals surface area contributed by atoms with Gasteiger partial charge in [-0.3, -0.25) is 9.69 Å². The molecule has 6 nitrogen and oxygen atoms in total. The molecule has 0 spiro atoms. The van der Waals surface area contributed by atoms with E-state index in [1.54, 1.807) is 18.9 Å². The van der Waals surface area contributed by atoms with E-state index in [1.807, 2.05) is 31.2 Å². The van der Waals surface area contributed by atoms with Crippen LogP contribution in [-0.4, -0.2) is 39.2 Å². The zero-order valence-corrected chi connectivity index (χ0v) is 11.7. The fourth-order valence-electron chi connectivity index (χ4n) is 1.68. The molecule has 1 heterocycles. The first kappa shape index (κ1) is 14.2. The monoisotopic (exact) mass is 275 g/mol. The highest BCUT2D eigenvalue weighted by Crippen LogP contribution is 2.18. The Hall–Kier alpha value is -2.21. The van der Waals surface area contributed by atoms with Gasteiger partial charge in [0.15, 0.2) is 5.82 Å². The van der Waals surface area contributed by atoms with Gasteiger partial charge in [0.1, 0.15) is 6.04 Å². The molecule has 0 aliphatic rings. The van der Waals surface area contributed by atoms with Crippen molar-refractivity contribution < 1.29 is 14.4 Å². The van der Waals surface area contributed by atoms with Gasteiger partial charge in [-0.25, -0.2) is 0 Å². The maximum atomic E-state index is 10.9. The minimum absolute atomic E-state index is 0.322. The third-order valence-electron chi connectivity index (χ3n) is 3.18. The van der Waals surface area contributed by atoms with Crippen molar-refractivity contribution in [3.8, 4) is 11.5 Å². The van der Waals surface area contributed by atoms with E-state index < -0.39 is 12.0 Å². The maximum absolute atomic E-state index is 10.9. The molecule has 1 aromatic carbocycles. The summed E-state index contributed by atoms with van der Waals surface area (Å²) in [5.74, 6) is 0.0299. The number of carbonyl (C=O) groups is 1. The molecular weight excluding hydrogens is 258 g/mol. The van der Waals surface area contributed by atoms with Crippen molar-refractivity contribution in [2.24, 2.45) is 0 Å². The Labute approximate surface area is 117 Å². The van der Waals surface area contributed by atoms with Crippen molar-refractivity contribution in [1.29, 1.82) is 0 Å². The SMILES string of the molecule is Cc1ccc(-c2nc(CN(C)C(C)C(=O)O)no2)cc1. The molecule has 106 valence electrons. The van der Waals surface area contributed by atoms with Gasteiger partial charge in [0.2, 0.25) is 0 Å². The summed E-state index contributed by atoms with van der Waals surface area (Å²) in [7, 11) is 1.71. The first-order chi connectivity index (χ1) is 9.47.